The SMILES string of the molecule is O=C(O)Cn1cnc2c(N3CCOCC3)nc(Cl)nc21. The van der Waals surface area contributed by atoms with Gasteiger partial charge in [0, 0.05) is 13.1 Å². The molecule has 106 valence electrons. The van der Waals surface area contributed by atoms with E-state index in [1.165, 1.54) is 10.9 Å². The molecule has 8 nitrogen and oxygen atoms in total. The number of aliphatic carboxylic acids is 1. The summed E-state index contributed by atoms with van der Waals surface area (Å²) in [6, 6.07) is 0. The van der Waals surface area contributed by atoms with Gasteiger partial charge in [-0.1, -0.05) is 0 Å². The lowest BCUT2D eigenvalue weighted by atomic mass is 10.3. The molecule has 2 aromatic heterocycles. The predicted molar refractivity (Wildman–Crippen MR) is 71.0 cm³/mol. The number of anilines is 1. The number of hydrogen-bond acceptors (Lipinski definition) is 6. The largest absolute Gasteiger partial charge is 0.480 e. The highest BCUT2D eigenvalue weighted by molar-refractivity contribution is 6.28. The van der Waals surface area contributed by atoms with Crippen molar-refractivity contribution in [3.05, 3.63) is 11.6 Å². The quantitative estimate of drug-likeness (QED) is 0.820. The second-order valence-corrected chi connectivity index (χ2v) is 4.69. The first-order chi connectivity index (χ1) is 9.65. The lowest BCUT2D eigenvalue weighted by Crippen LogP contribution is -2.37. The van der Waals surface area contributed by atoms with Crippen LogP contribution < -0.4 is 4.90 Å². The molecule has 0 aliphatic carbocycles. The van der Waals surface area contributed by atoms with Gasteiger partial charge in [0.05, 0.1) is 19.5 Å². The van der Waals surface area contributed by atoms with Crippen molar-refractivity contribution in [3.8, 4) is 0 Å². The Morgan fingerprint density at radius 2 is 2.15 bits per heavy atom. The third kappa shape index (κ3) is 2.39. The van der Waals surface area contributed by atoms with Crippen LogP contribution in [0.4, 0.5) is 5.82 Å². The van der Waals surface area contributed by atoms with Crippen molar-refractivity contribution in [2.24, 2.45) is 0 Å². The maximum Gasteiger partial charge on any atom is 0.323 e. The summed E-state index contributed by atoms with van der Waals surface area (Å²) in [4.78, 5) is 25.4. The number of carboxylic acid groups (broad SMARTS) is 1. The number of ether oxygens (including phenoxy) is 1. The molecule has 20 heavy (non-hydrogen) atoms. The summed E-state index contributed by atoms with van der Waals surface area (Å²) >= 11 is 5.94. The monoisotopic (exact) mass is 297 g/mol. The molecular weight excluding hydrogens is 286 g/mol. The van der Waals surface area contributed by atoms with E-state index in [1.54, 1.807) is 0 Å². The molecule has 0 saturated carbocycles. The highest BCUT2D eigenvalue weighted by Gasteiger charge is 2.20. The second-order valence-electron chi connectivity index (χ2n) is 4.35. The van der Waals surface area contributed by atoms with E-state index in [0.29, 0.717) is 43.3 Å². The van der Waals surface area contributed by atoms with Crippen LogP contribution in [0.2, 0.25) is 5.28 Å². The summed E-state index contributed by atoms with van der Waals surface area (Å²) in [6.45, 7) is 2.38. The van der Waals surface area contributed by atoms with Gasteiger partial charge in [0.15, 0.2) is 17.0 Å². The van der Waals surface area contributed by atoms with Crippen molar-refractivity contribution in [2.75, 3.05) is 31.2 Å². The van der Waals surface area contributed by atoms with Crippen LogP contribution in [-0.4, -0.2) is 56.9 Å². The Morgan fingerprint density at radius 3 is 2.85 bits per heavy atom. The number of fused-ring (bicyclic) bond motifs is 1. The Bertz CT molecular complexity index is 653. The topological polar surface area (TPSA) is 93.4 Å². The smallest absolute Gasteiger partial charge is 0.323 e. The van der Waals surface area contributed by atoms with Gasteiger partial charge in [-0.05, 0) is 11.6 Å². The minimum atomic E-state index is -0.966. The molecule has 1 aliphatic rings. The van der Waals surface area contributed by atoms with Crippen molar-refractivity contribution in [1.29, 1.82) is 0 Å². The fourth-order valence-electron chi connectivity index (χ4n) is 2.16. The summed E-state index contributed by atoms with van der Waals surface area (Å²) in [5.74, 6) is -0.348. The molecule has 1 saturated heterocycles. The first-order valence-corrected chi connectivity index (χ1v) is 6.46. The van der Waals surface area contributed by atoms with Crippen LogP contribution in [0.15, 0.2) is 6.33 Å². The van der Waals surface area contributed by atoms with Gasteiger partial charge >= 0.3 is 5.97 Å². The normalized spacial score (nSPS) is 15.8. The zero-order chi connectivity index (χ0) is 14.1. The maximum absolute atomic E-state index is 10.8. The number of nitrogens with zero attached hydrogens (tertiary/aromatic N) is 5. The molecule has 3 heterocycles. The summed E-state index contributed by atoms with van der Waals surface area (Å²) in [7, 11) is 0. The molecule has 2 aromatic rings. The van der Waals surface area contributed by atoms with Gasteiger partial charge in [0.25, 0.3) is 0 Å². The van der Waals surface area contributed by atoms with Crippen molar-refractivity contribution in [1.82, 2.24) is 19.5 Å². The summed E-state index contributed by atoms with van der Waals surface area (Å²) in [6.07, 6.45) is 1.44. The van der Waals surface area contributed by atoms with Crippen molar-refractivity contribution < 1.29 is 14.6 Å². The minimum absolute atomic E-state index is 0.0751. The molecule has 0 atom stereocenters. The lowest BCUT2D eigenvalue weighted by Gasteiger charge is -2.27. The van der Waals surface area contributed by atoms with Gasteiger partial charge in [0.1, 0.15) is 6.54 Å². The Hall–Kier alpha value is -1.93. The number of morpholine rings is 1. The average molecular weight is 298 g/mol. The number of halogens is 1. The molecular formula is C11H12ClN5O3. The number of rotatable bonds is 3. The van der Waals surface area contributed by atoms with Crippen molar-refractivity contribution in [3.63, 3.8) is 0 Å². The number of carbonyl (C=O) groups is 1. The van der Waals surface area contributed by atoms with Crippen LogP contribution in [-0.2, 0) is 16.1 Å². The van der Waals surface area contributed by atoms with Crippen molar-refractivity contribution in [2.45, 2.75) is 6.54 Å². The van der Waals surface area contributed by atoms with Crippen molar-refractivity contribution >= 4 is 34.6 Å². The Labute approximate surface area is 119 Å². The molecule has 1 aliphatic heterocycles. The summed E-state index contributed by atoms with van der Waals surface area (Å²) < 4.78 is 6.74. The second kappa shape index (κ2) is 5.22. The first-order valence-electron chi connectivity index (χ1n) is 6.08. The van der Waals surface area contributed by atoms with Crippen LogP contribution in [0.25, 0.3) is 11.2 Å². The van der Waals surface area contributed by atoms with Gasteiger partial charge in [-0.3, -0.25) is 4.79 Å². The van der Waals surface area contributed by atoms with E-state index in [-0.39, 0.29) is 11.8 Å². The Balaban J connectivity index is 2.07. The molecule has 0 radical (unpaired) electrons. The molecule has 1 N–H and O–H groups in total. The van der Waals surface area contributed by atoms with Gasteiger partial charge in [-0.15, -0.1) is 0 Å². The number of carboxylic acids is 1. The van der Waals surface area contributed by atoms with Gasteiger partial charge < -0.3 is 19.3 Å². The lowest BCUT2D eigenvalue weighted by molar-refractivity contribution is -0.137. The third-order valence-corrected chi connectivity index (χ3v) is 3.20. The van der Waals surface area contributed by atoms with Crippen LogP contribution >= 0.6 is 11.6 Å². The van der Waals surface area contributed by atoms with E-state index in [4.69, 9.17) is 21.4 Å². The highest BCUT2D eigenvalue weighted by Crippen LogP contribution is 2.24. The molecule has 0 amide bonds. The molecule has 0 bridgehead atoms. The average Bonchev–Trinajstić information content (AvgIpc) is 2.81. The molecule has 3 rings (SSSR count). The first kappa shape index (κ1) is 13.1. The maximum atomic E-state index is 10.8. The number of imidazole rings is 1. The summed E-state index contributed by atoms with van der Waals surface area (Å²) in [5, 5.41) is 8.96. The zero-order valence-electron chi connectivity index (χ0n) is 10.5. The fraction of sp³-hybridized carbons (Fsp3) is 0.455. The third-order valence-electron chi connectivity index (χ3n) is 3.03. The van der Waals surface area contributed by atoms with Gasteiger partial charge in [-0.2, -0.15) is 9.97 Å². The Kier molecular flexibility index (Phi) is 3.41. The van der Waals surface area contributed by atoms with Gasteiger partial charge in [0.2, 0.25) is 5.28 Å². The molecule has 9 heteroatoms. The summed E-state index contributed by atoms with van der Waals surface area (Å²) in [5.41, 5.74) is 0.978. The standard InChI is InChI=1S/C11H12ClN5O3/c12-11-14-9(16-1-3-20-4-2-16)8-10(15-11)17(6-13-8)5-7(18)19/h6H,1-5H2,(H,18,19). The Morgan fingerprint density at radius 1 is 1.40 bits per heavy atom. The number of aromatic nitrogens is 4. The van der Waals surface area contributed by atoms with E-state index in [9.17, 15) is 4.79 Å². The molecule has 0 aromatic carbocycles. The van der Waals surface area contributed by atoms with Crippen LogP contribution in [0.1, 0.15) is 0 Å². The molecule has 0 spiro atoms. The van der Waals surface area contributed by atoms with E-state index in [1.807, 2.05) is 4.90 Å². The molecule has 1 fully saturated rings. The van der Waals surface area contributed by atoms with Gasteiger partial charge in [-0.25, -0.2) is 4.98 Å². The number of hydrogen-bond donors (Lipinski definition) is 1. The van der Waals surface area contributed by atoms with Crippen LogP contribution in [0.5, 0.6) is 0 Å². The van der Waals surface area contributed by atoms with E-state index in [2.05, 4.69) is 15.0 Å². The predicted octanol–water partition coefficient (Wildman–Crippen LogP) is 0.401. The minimum Gasteiger partial charge on any atom is -0.480 e. The van der Waals surface area contributed by atoms with E-state index in [0.717, 1.165) is 0 Å². The highest BCUT2D eigenvalue weighted by atomic mass is 35.5. The molecule has 0 unspecified atom stereocenters. The van der Waals surface area contributed by atoms with Crippen LogP contribution in [0.3, 0.4) is 0 Å². The van der Waals surface area contributed by atoms with Crippen LogP contribution in [0, 0.1) is 0 Å². The zero-order valence-corrected chi connectivity index (χ0v) is 11.2. The fourth-order valence-corrected chi connectivity index (χ4v) is 2.32. The van der Waals surface area contributed by atoms with E-state index >= 15 is 0 Å². The van der Waals surface area contributed by atoms with E-state index < -0.39 is 5.97 Å².